The van der Waals surface area contributed by atoms with Crippen LogP contribution >= 0.6 is 0 Å². The first kappa shape index (κ1) is 78.9. The molecule has 1 aliphatic heterocycles. The Kier molecular flexibility index (Phi) is 56.5. The van der Waals surface area contributed by atoms with Crippen LogP contribution in [0.5, 0.6) is 0 Å². The van der Waals surface area contributed by atoms with Crippen LogP contribution in [0.2, 0.25) is 0 Å². The summed E-state index contributed by atoms with van der Waals surface area (Å²) in [6.45, 7) is 5.69. The Labute approximate surface area is 514 Å². The molecule has 486 valence electrons. The molecule has 6 N–H and O–H groups in total. The Hall–Kier alpha value is -3.16. The van der Waals surface area contributed by atoms with Gasteiger partial charge in [-0.1, -0.05) is 286 Å². The molecule has 0 saturated carbocycles. The lowest BCUT2D eigenvalue weighted by molar-refractivity contribution is -0.305. The smallest absolute Gasteiger partial charge is 0.306 e. The molecule has 0 aromatic heterocycles. The van der Waals surface area contributed by atoms with E-state index >= 15 is 0 Å². The molecule has 84 heavy (non-hydrogen) atoms. The molecule has 8 atom stereocenters. The van der Waals surface area contributed by atoms with Crippen LogP contribution in [0.1, 0.15) is 303 Å². The van der Waals surface area contributed by atoms with E-state index in [2.05, 4.69) is 99.0 Å². The highest BCUT2D eigenvalue weighted by Crippen LogP contribution is 2.26. The minimum Gasteiger partial charge on any atom is -0.454 e. The molecule has 11 nitrogen and oxygen atoms in total. The number of aliphatic hydroxyl groups is 5. The highest BCUT2D eigenvalue weighted by molar-refractivity contribution is 5.80. The van der Waals surface area contributed by atoms with Crippen LogP contribution in [0.4, 0.5) is 0 Å². The molecule has 0 aromatic carbocycles. The highest BCUT2D eigenvalue weighted by Gasteiger charge is 2.47. The normalized spacial score (nSPS) is 19.0. The number of aliphatic hydroxyl groups excluding tert-OH is 5. The second-order valence-electron chi connectivity index (χ2n) is 23.9. The molecule has 0 aromatic rings. The van der Waals surface area contributed by atoms with E-state index in [1.807, 2.05) is 6.08 Å². The number of hydrogen-bond donors (Lipinski definition) is 6. The number of nitrogens with one attached hydrogen (secondary N) is 1. The number of carbonyl (C=O) groups excluding carboxylic acids is 2. The fourth-order valence-electron chi connectivity index (χ4n) is 10.6. The standard InChI is InChI=1S/C73H129NO10/c1-4-7-10-13-16-19-22-25-27-29-31-33-35-36-38-40-42-45-48-51-54-57-60-66(77)72(81)74-64(65(76)59-56-53-50-47-44-24-21-18-15-12-9-6-3)63-82-73-71(70(80)69(79)67(62-75)83-73)84-68(78)61-58-55-52-49-46-43-41-39-37-34-32-30-28-26-23-20-17-14-11-8-5-2/h7,10,16,19,25-28,31,33,36,38,56,59,64-67,69-71,73,75-77,79-80H,4-6,8-9,11-15,17-18,20-24,29-30,32,34-35,37,39-55,57-58,60-63H2,1-3H3,(H,74,81)/b10-7-,19-16-,27-25-,28-26+,33-31-,38-36-,59-56+. The predicted molar refractivity (Wildman–Crippen MR) is 352 cm³/mol. The van der Waals surface area contributed by atoms with Crippen molar-refractivity contribution in [3.05, 3.63) is 85.1 Å². The van der Waals surface area contributed by atoms with Gasteiger partial charge in [-0.15, -0.1) is 0 Å². The van der Waals surface area contributed by atoms with E-state index in [4.69, 9.17) is 14.2 Å². The first-order valence-electron chi connectivity index (χ1n) is 34.9. The maximum atomic E-state index is 13.5. The molecule has 1 amide bonds. The number of amides is 1. The number of esters is 1. The van der Waals surface area contributed by atoms with Crippen LogP contribution < -0.4 is 5.32 Å². The van der Waals surface area contributed by atoms with Gasteiger partial charge in [-0.05, 0) is 96.3 Å². The van der Waals surface area contributed by atoms with E-state index in [0.717, 1.165) is 109 Å². The quantitative estimate of drug-likeness (QED) is 0.0195. The molecule has 1 aliphatic rings. The van der Waals surface area contributed by atoms with Gasteiger partial charge in [0.25, 0.3) is 0 Å². The summed E-state index contributed by atoms with van der Waals surface area (Å²) >= 11 is 0. The van der Waals surface area contributed by atoms with Gasteiger partial charge in [-0.3, -0.25) is 9.59 Å². The zero-order valence-electron chi connectivity index (χ0n) is 54.0. The van der Waals surface area contributed by atoms with Crippen molar-refractivity contribution in [2.24, 2.45) is 0 Å². The molecule has 0 spiro atoms. The van der Waals surface area contributed by atoms with E-state index in [1.54, 1.807) is 6.08 Å². The van der Waals surface area contributed by atoms with Gasteiger partial charge in [0, 0.05) is 6.42 Å². The molecule has 1 heterocycles. The third-order valence-corrected chi connectivity index (χ3v) is 16.0. The van der Waals surface area contributed by atoms with Gasteiger partial charge >= 0.3 is 5.97 Å². The SMILES string of the molecule is CC/C=C\C/C=C\C/C=C\C/C=C\C/C=C\CCCCCCCCC(O)C(=O)NC(COC1OC(CO)C(O)C(O)C1OC(=O)CCCCCCCCCCCCC/C=C/CCCCCCCC)C(O)/C=C/CCCCCCCCCCCC. The van der Waals surface area contributed by atoms with Crippen LogP contribution in [0, 0.1) is 0 Å². The number of allylic oxidation sites excluding steroid dienone is 13. The van der Waals surface area contributed by atoms with E-state index < -0.39 is 67.4 Å². The minimum atomic E-state index is -1.62. The zero-order valence-corrected chi connectivity index (χ0v) is 54.0. The summed E-state index contributed by atoms with van der Waals surface area (Å²) in [5, 5.41) is 57.2. The van der Waals surface area contributed by atoms with Crippen molar-refractivity contribution in [3.63, 3.8) is 0 Å². The predicted octanol–water partition coefficient (Wildman–Crippen LogP) is 17.7. The number of unbranched alkanes of at least 4 members (excludes halogenated alkanes) is 33. The van der Waals surface area contributed by atoms with Crippen molar-refractivity contribution in [1.29, 1.82) is 0 Å². The van der Waals surface area contributed by atoms with Gasteiger partial charge in [0.15, 0.2) is 12.4 Å². The first-order valence-corrected chi connectivity index (χ1v) is 34.9. The molecule has 11 heteroatoms. The monoisotopic (exact) mass is 1180 g/mol. The first-order chi connectivity index (χ1) is 41.2. The molecule has 1 saturated heterocycles. The molecule has 1 fully saturated rings. The molecule has 0 aliphatic carbocycles. The second kappa shape index (κ2) is 60.1. The van der Waals surface area contributed by atoms with Gasteiger partial charge in [0.2, 0.25) is 5.91 Å². The maximum Gasteiger partial charge on any atom is 0.306 e. The second-order valence-corrected chi connectivity index (χ2v) is 23.9. The number of carbonyl (C=O) groups is 2. The van der Waals surface area contributed by atoms with Crippen molar-refractivity contribution in [2.75, 3.05) is 13.2 Å². The zero-order chi connectivity index (χ0) is 61.0. The lowest BCUT2D eigenvalue weighted by atomic mass is 9.99. The van der Waals surface area contributed by atoms with Gasteiger partial charge in [-0.2, -0.15) is 0 Å². The summed E-state index contributed by atoms with van der Waals surface area (Å²) in [7, 11) is 0. The van der Waals surface area contributed by atoms with E-state index in [-0.39, 0.29) is 19.4 Å². The van der Waals surface area contributed by atoms with Crippen LogP contribution in [0.25, 0.3) is 0 Å². The van der Waals surface area contributed by atoms with Crippen molar-refractivity contribution in [3.8, 4) is 0 Å². The third kappa shape index (κ3) is 47.0. The largest absolute Gasteiger partial charge is 0.454 e. The van der Waals surface area contributed by atoms with Crippen LogP contribution in [-0.2, 0) is 23.8 Å². The Morgan fingerprint density at radius 1 is 0.476 bits per heavy atom. The van der Waals surface area contributed by atoms with Crippen LogP contribution in [0.15, 0.2) is 85.1 Å². The van der Waals surface area contributed by atoms with E-state index in [0.29, 0.717) is 12.8 Å². The van der Waals surface area contributed by atoms with E-state index in [9.17, 15) is 35.1 Å². The fourth-order valence-corrected chi connectivity index (χ4v) is 10.6. The van der Waals surface area contributed by atoms with E-state index in [1.165, 1.54) is 148 Å². The number of hydrogen-bond acceptors (Lipinski definition) is 10. The number of rotatable bonds is 59. The summed E-state index contributed by atoms with van der Waals surface area (Å²) < 4.78 is 17.7. The average molecular weight is 1180 g/mol. The highest BCUT2D eigenvalue weighted by atomic mass is 16.7. The molecule has 0 bridgehead atoms. The summed E-state index contributed by atoms with van der Waals surface area (Å²) in [6.07, 6.45) is 69.0. The van der Waals surface area contributed by atoms with Crippen molar-refractivity contribution < 1.29 is 49.3 Å². The lowest BCUT2D eigenvalue weighted by Crippen LogP contribution is -2.61. The van der Waals surface area contributed by atoms with Crippen molar-refractivity contribution >= 4 is 11.9 Å². The van der Waals surface area contributed by atoms with Gasteiger partial charge < -0.3 is 45.1 Å². The van der Waals surface area contributed by atoms with Gasteiger partial charge in [0.05, 0.1) is 25.4 Å². The Bertz CT molecular complexity index is 1690. The maximum absolute atomic E-state index is 13.5. The number of ether oxygens (including phenoxy) is 3. The molecular weight excluding hydrogens is 1050 g/mol. The Morgan fingerprint density at radius 3 is 1.30 bits per heavy atom. The Morgan fingerprint density at radius 2 is 0.857 bits per heavy atom. The fraction of sp³-hybridized carbons (Fsp3) is 0.781. The summed E-state index contributed by atoms with van der Waals surface area (Å²) in [6, 6.07) is -1.03. The van der Waals surface area contributed by atoms with Crippen LogP contribution in [-0.4, -0.2) is 99.6 Å². The van der Waals surface area contributed by atoms with Gasteiger partial charge in [-0.25, -0.2) is 0 Å². The summed E-state index contributed by atoms with van der Waals surface area (Å²) in [5.74, 6) is -1.20. The molecule has 8 unspecified atom stereocenters. The molecule has 0 radical (unpaired) electrons. The summed E-state index contributed by atoms with van der Waals surface area (Å²) in [5.41, 5.74) is 0. The minimum absolute atomic E-state index is 0.120. The van der Waals surface area contributed by atoms with Crippen molar-refractivity contribution in [1.82, 2.24) is 5.32 Å². The topological polar surface area (TPSA) is 175 Å². The molecule has 1 rings (SSSR count). The average Bonchev–Trinajstić information content (AvgIpc) is 3.55. The van der Waals surface area contributed by atoms with Gasteiger partial charge in [0.1, 0.15) is 24.4 Å². The molecular formula is C73H129NO10. The third-order valence-electron chi connectivity index (χ3n) is 16.0. The van der Waals surface area contributed by atoms with Crippen molar-refractivity contribution in [2.45, 2.75) is 352 Å². The Balaban J connectivity index is 2.61. The lowest BCUT2D eigenvalue weighted by Gasteiger charge is -2.41. The summed E-state index contributed by atoms with van der Waals surface area (Å²) in [4.78, 5) is 26.7. The van der Waals surface area contributed by atoms with Crippen LogP contribution in [0.3, 0.4) is 0 Å².